The van der Waals surface area contributed by atoms with Crippen LogP contribution in [0.5, 0.6) is 0 Å². The Morgan fingerprint density at radius 2 is 1.50 bits per heavy atom. The summed E-state index contributed by atoms with van der Waals surface area (Å²) in [7, 11) is -3.82. The highest BCUT2D eigenvalue weighted by Gasteiger charge is 2.52. The third-order valence-corrected chi connectivity index (χ3v) is 7.17. The van der Waals surface area contributed by atoms with Crippen LogP contribution in [0.4, 0.5) is 8.78 Å². The number of benzene rings is 1. The molecule has 1 aromatic carbocycles. The molecule has 120 valence electrons. The van der Waals surface area contributed by atoms with Crippen LogP contribution in [0.1, 0.15) is 38.5 Å². The average Bonchev–Trinajstić information content (AvgIpc) is 2.38. The zero-order chi connectivity index (χ0) is 15.5. The highest BCUT2D eigenvalue weighted by atomic mass is 32.2. The Hall–Kier alpha value is -1.01. The Kier molecular flexibility index (Phi) is 3.14. The molecule has 4 aliphatic carbocycles. The predicted octanol–water partition coefficient (Wildman–Crippen LogP) is 3.21. The summed E-state index contributed by atoms with van der Waals surface area (Å²) in [5.41, 5.74) is -0.377. The number of halogens is 2. The van der Waals surface area contributed by atoms with Gasteiger partial charge in [0, 0.05) is 5.54 Å². The van der Waals surface area contributed by atoms with Crippen molar-refractivity contribution < 1.29 is 17.2 Å². The third-order valence-electron chi connectivity index (χ3n) is 5.59. The Bertz CT molecular complexity index is 682. The van der Waals surface area contributed by atoms with Gasteiger partial charge in [-0.05, 0) is 74.5 Å². The average molecular weight is 327 g/mol. The molecule has 4 saturated carbocycles. The van der Waals surface area contributed by atoms with Gasteiger partial charge in [0.15, 0.2) is 11.6 Å². The van der Waals surface area contributed by atoms with E-state index in [2.05, 4.69) is 4.72 Å². The normalized spacial score (nSPS) is 36.7. The molecule has 0 radical (unpaired) electrons. The monoisotopic (exact) mass is 327 g/mol. The van der Waals surface area contributed by atoms with Crippen molar-refractivity contribution in [2.75, 3.05) is 0 Å². The number of nitrogens with one attached hydrogen (secondary N) is 1. The first-order chi connectivity index (χ1) is 10.4. The lowest BCUT2D eigenvalue weighted by molar-refractivity contribution is -0.00810. The summed E-state index contributed by atoms with van der Waals surface area (Å²) < 4.78 is 54.4. The quantitative estimate of drug-likeness (QED) is 0.926. The molecule has 0 saturated heterocycles. The van der Waals surface area contributed by atoms with Crippen molar-refractivity contribution in [3.63, 3.8) is 0 Å². The van der Waals surface area contributed by atoms with Crippen LogP contribution in [0.3, 0.4) is 0 Å². The number of hydrogen-bond acceptors (Lipinski definition) is 2. The van der Waals surface area contributed by atoms with Crippen LogP contribution >= 0.6 is 0 Å². The molecular weight excluding hydrogens is 308 g/mol. The van der Waals surface area contributed by atoms with E-state index in [1.165, 1.54) is 19.3 Å². The fourth-order valence-electron chi connectivity index (χ4n) is 5.22. The van der Waals surface area contributed by atoms with Crippen LogP contribution in [0.25, 0.3) is 0 Å². The van der Waals surface area contributed by atoms with Crippen LogP contribution in [-0.2, 0) is 10.0 Å². The lowest BCUT2D eigenvalue weighted by Crippen LogP contribution is -2.59. The van der Waals surface area contributed by atoms with Gasteiger partial charge in [0.1, 0.15) is 0 Å². The van der Waals surface area contributed by atoms with Gasteiger partial charge >= 0.3 is 0 Å². The second-order valence-corrected chi connectivity index (χ2v) is 9.06. The van der Waals surface area contributed by atoms with E-state index >= 15 is 0 Å². The van der Waals surface area contributed by atoms with Gasteiger partial charge in [-0.15, -0.1) is 0 Å². The van der Waals surface area contributed by atoms with Crippen LogP contribution in [0.15, 0.2) is 23.1 Å². The van der Waals surface area contributed by atoms with E-state index in [1.54, 1.807) is 0 Å². The smallest absolute Gasteiger partial charge is 0.207 e. The van der Waals surface area contributed by atoms with E-state index in [-0.39, 0.29) is 10.4 Å². The first-order valence-electron chi connectivity index (χ1n) is 7.84. The predicted molar refractivity (Wildman–Crippen MR) is 77.6 cm³/mol. The van der Waals surface area contributed by atoms with Crippen LogP contribution in [0.2, 0.25) is 0 Å². The molecule has 0 spiro atoms. The summed E-state index contributed by atoms with van der Waals surface area (Å²) in [4.78, 5) is -0.192. The molecule has 3 nitrogen and oxygen atoms in total. The molecule has 0 heterocycles. The molecule has 4 aliphatic rings. The van der Waals surface area contributed by atoms with E-state index in [4.69, 9.17) is 0 Å². The highest BCUT2D eigenvalue weighted by molar-refractivity contribution is 7.89. The third kappa shape index (κ3) is 2.36. The second kappa shape index (κ2) is 4.74. The summed E-state index contributed by atoms with van der Waals surface area (Å²) in [5.74, 6) is -0.334. The minimum Gasteiger partial charge on any atom is -0.207 e. The zero-order valence-electron chi connectivity index (χ0n) is 12.2. The molecule has 6 heteroatoms. The lowest BCUT2D eigenvalue weighted by Gasteiger charge is -2.56. The van der Waals surface area contributed by atoms with E-state index in [0.717, 1.165) is 37.5 Å². The Balaban J connectivity index is 1.63. The van der Waals surface area contributed by atoms with Gasteiger partial charge in [-0.3, -0.25) is 0 Å². The first-order valence-corrected chi connectivity index (χ1v) is 9.33. The summed E-state index contributed by atoms with van der Waals surface area (Å²) in [5, 5.41) is 0. The summed E-state index contributed by atoms with van der Waals surface area (Å²) in [6, 6.07) is 2.75. The van der Waals surface area contributed by atoms with Crippen LogP contribution in [0, 0.1) is 29.4 Å². The fourth-order valence-corrected chi connectivity index (χ4v) is 6.67. The fraction of sp³-hybridized carbons (Fsp3) is 0.625. The zero-order valence-corrected chi connectivity index (χ0v) is 13.0. The number of sulfonamides is 1. The van der Waals surface area contributed by atoms with Crippen molar-refractivity contribution >= 4 is 10.0 Å². The van der Waals surface area contributed by atoms with Gasteiger partial charge < -0.3 is 0 Å². The van der Waals surface area contributed by atoms with Crippen LogP contribution in [-0.4, -0.2) is 14.0 Å². The molecule has 5 rings (SSSR count). The molecule has 0 atom stereocenters. The molecular formula is C16H19F2NO2S. The van der Waals surface area contributed by atoms with Crippen molar-refractivity contribution in [2.24, 2.45) is 17.8 Å². The maximum absolute atomic E-state index is 13.3. The van der Waals surface area contributed by atoms with Crippen molar-refractivity contribution in [1.82, 2.24) is 4.72 Å². The standard InChI is InChI=1S/C16H19F2NO2S/c17-14-2-1-13(6-15(14)18)22(20,21)19-16-7-10-3-11(8-16)5-12(4-10)9-16/h1-2,6,10-12,19H,3-5,7-9H2. The Morgan fingerprint density at radius 1 is 0.955 bits per heavy atom. The minimum atomic E-state index is -3.82. The van der Waals surface area contributed by atoms with Crippen molar-refractivity contribution in [3.05, 3.63) is 29.8 Å². The lowest BCUT2D eigenvalue weighted by atomic mass is 9.53. The van der Waals surface area contributed by atoms with Gasteiger partial charge in [0.05, 0.1) is 4.90 Å². The number of hydrogen-bond donors (Lipinski definition) is 1. The first kappa shape index (κ1) is 14.6. The van der Waals surface area contributed by atoms with E-state index < -0.39 is 21.7 Å². The molecule has 0 unspecified atom stereocenters. The van der Waals surface area contributed by atoms with Crippen molar-refractivity contribution in [1.29, 1.82) is 0 Å². The summed E-state index contributed by atoms with van der Waals surface area (Å²) in [6.07, 6.45) is 6.27. The van der Waals surface area contributed by atoms with Gasteiger partial charge in [0.25, 0.3) is 0 Å². The summed E-state index contributed by atoms with van der Waals surface area (Å²) in [6.45, 7) is 0. The highest BCUT2D eigenvalue weighted by Crippen LogP contribution is 2.55. The molecule has 1 aromatic rings. The molecule has 0 aromatic heterocycles. The molecule has 4 fully saturated rings. The van der Waals surface area contributed by atoms with Crippen molar-refractivity contribution in [2.45, 2.75) is 49.0 Å². The van der Waals surface area contributed by atoms with Gasteiger partial charge in [-0.2, -0.15) is 0 Å². The number of rotatable bonds is 3. The van der Waals surface area contributed by atoms with Gasteiger partial charge in [-0.1, -0.05) is 0 Å². The Morgan fingerprint density at radius 3 is 2.00 bits per heavy atom. The van der Waals surface area contributed by atoms with Crippen molar-refractivity contribution in [3.8, 4) is 0 Å². The molecule has 0 aliphatic heterocycles. The molecule has 1 N–H and O–H groups in total. The maximum Gasteiger partial charge on any atom is 0.241 e. The summed E-state index contributed by atoms with van der Waals surface area (Å²) >= 11 is 0. The van der Waals surface area contributed by atoms with E-state index in [0.29, 0.717) is 17.8 Å². The molecule has 4 bridgehead atoms. The van der Waals surface area contributed by atoms with Gasteiger partial charge in [-0.25, -0.2) is 21.9 Å². The van der Waals surface area contributed by atoms with Crippen LogP contribution < -0.4 is 4.72 Å². The largest absolute Gasteiger partial charge is 0.241 e. The topological polar surface area (TPSA) is 46.2 Å². The Labute approximate surface area is 129 Å². The maximum atomic E-state index is 13.3. The minimum absolute atomic E-state index is 0.192. The SMILES string of the molecule is O=S(=O)(NC12CC3CC(CC(C3)C1)C2)c1ccc(F)c(F)c1. The molecule has 0 amide bonds. The molecule has 22 heavy (non-hydrogen) atoms. The van der Waals surface area contributed by atoms with E-state index in [1.807, 2.05) is 0 Å². The second-order valence-electron chi connectivity index (χ2n) is 7.38. The van der Waals surface area contributed by atoms with E-state index in [9.17, 15) is 17.2 Å². The van der Waals surface area contributed by atoms with Gasteiger partial charge in [0.2, 0.25) is 10.0 Å².